The fourth-order valence-corrected chi connectivity index (χ4v) is 2.51. The normalized spacial score (nSPS) is 12.9. The van der Waals surface area contributed by atoms with Crippen LogP contribution in [0.15, 0.2) is 45.6 Å². The molecular formula is C16H16FNO2. The Kier molecular flexibility index (Phi) is 3.32. The first kappa shape index (κ1) is 12.9. The number of benzene rings is 1. The van der Waals surface area contributed by atoms with E-state index in [0.29, 0.717) is 5.58 Å². The number of aryl methyl sites for hydroxylation is 1. The first-order valence-corrected chi connectivity index (χ1v) is 6.56. The molecule has 1 aromatic carbocycles. The van der Waals surface area contributed by atoms with Crippen molar-refractivity contribution in [3.05, 3.63) is 59.5 Å². The van der Waals surface area contributed by atoms with E-state index in [1.165, 1.54) is 12.1 Å². The van der Waals surface area contributed by atoms with Gasteiger partial charge in [0.05, 0.1) is 18.6 Å². The summed E-state index contributed by atoms with van der Waals surface area (Å²) in [4.78, 5) is 0. The minimum Gasteiger partial charge on any atom is -0.472 e. The van der Waals surface area contributed by atoms with Crippen LogP contribution in [0.1, 0.15) is 22.9 Å². The zero-order valence-corrected chi connectivity index (χ0v) is 11.4. The fraction of sp³-hybridized carbons (Fsp3) is 0.250. The molecule has 0 bridgehead atoms. The summed E-state index contributed by atoms with van der Waals surface area (Å²) in [7, 11) is 1.89. The van der Waals surface area contributed by atoms with E-state index in [9.17, 15) is 4.39 Å². The van der Waals surface area contributed by atoms with E-state index in [1.54, 1.807) is 18.6 Å². The number of rotatable bonds is 4. The van der Waals surface area contributed by atoms with Gasteiger partial charge in [0.15, 0.2) is 0 Å². The van der Waals surface area contributed by atoms with Gasteiger partial charge in [-0.05, 0) is 50.2 Å². The number of furan rings is 2. The van der Waals surface area contributed by atoms with Crippen molar-refractivity contribution in [3.8, 4) is 0 Å². The van der Waals surface area contributed by atoms with Gasteiger partial charge in [-0.15, -0.1) is 0 Å². The Morgan fingerprint density at radius 3 is 2.85 bits per heavy atom. The quantitative estimate of drug-likeness (QED) is 0.781. The van der Waals surface area contributed by atoms with Crippen molar-refractivity contribution in [3.63, 3.8) is 0 Å². The second-order valence-electron chi connectivity index (χ2n) is 4.91. The number of likely N-dealkylation sites (N-methyl/N-ethyl adjacent to an activating group) is 1. The molecule has 1 atom stereocenters. The molecule has 0 amide bonds. The summed E-state index contributed by atoms with van der Waals surface area (Å²) in [5.74, 6) is 0.595. The van der Waals surface area contributed by atoms with Crippen LogP contribution in [-0.4, -0.2) is 7.05 Å². The highest BCUT2D eigenvalue weighted by Crippen LogP contribution is 2.31. The van der Waals surface area contributed by atoms with Crippen molar-refractivity contribution < 1.29 is 13.2 Å². The zero-order valence-electron chi connectivity index (χ0n) is 11.4. The molecule has 1 unspecified atom stereocenters. The molecule has 0 radical (unpaired) electrons. The fourth-order valence-electron chi connectivity index (χ4n) is 2.51. The van der Waals surface area contributed by atoms with Crippen LogP contribution in [0.25, 0.3) is 11.0 Å². The van der Waals surface area contributed by atoms with Crippen LogP contribution in [0.4, 0.5) is 4.39 Å². The number of fused-ring (bicyclic) bond motifs is 1. The summed E-state index contributed by atoms with van der Waals surface area (Å²) in [5.41, 5.74) is 2.78. The number of hydrogen-bond acceptors (Lipinski definition) is 3. The summed E-state index contributed by atoms with van der Waals surface area (Å²) in [6.45, 7) is 1.96. The van der Waals surface area contributed by atoms with Crippen molar-refractivity contribution in [2.75, 3.05) is 7.05 Å². The van der Waals surface area contributed by atoms with Gasteiger partial charge >= 0.3 is 0 Å². The van der Waals surface area contributed by atoms with Crippen LogP contribution in [-0.2, 0) is 6.42 Å². The molecule has 0 saturated heterocycles. The van der Waals surface area contributed by atoms with E-state index in [-0.39, 0.29) is 11.9 Å². The van der Waals surface area contributed by atoms with Crippen molar-refractivity contribution in [1.29, 1.82) is 0 Å². The highest BCUT2D eigenvalue weighted by Gasteiger charge is 2.20. The number of nitrogens with one attached hydrogen (secondary N) is 1. The van der Waals surface area contributed by atoms with Crippen LogP contribution >= 0.6 is 0 Å². The maximum Gasteiger partial charge on any atom is 0.134 e. The second-order valence-corrected chi connectivity index (χ2v) is 4.91. The Morgan fingerprint density at radius 1 is 1.30 bits per heavy atom. The first-order chi connectivity index (χ1) is 9.69. The van der Waals surface area contributed by atoms with Gasteiger partial charge in [0.1, 0.15) is 17.2 Å². The predicted molar refractivity (Wildman–Crippen MR) is 75.1 cm³/mol. The van der Waals surface area contributed by atoms with Crippen molar-refractivity contribution >= 4 is 11.0 Å². The third kappa shape index (κ3) is 2.23. The lowest BCUT2D eigenvalue weighted by molar-refractivity contribution is 0.446. The molecule has 2 heterocycles. The molecule has 0 aliphatic carbocycles. The average Bonchev–Trinajstić information content (AvgIpc) is 3.05. The monoisotopic (exact) mass is 273 g/mol. The lowest BCUT2D eigenvalue weighted by atomic mass is 10.0. The average molecular weight is 273 g/mol. The van der Waals surface area contributed by atoms with E-state index in [4.69, 9.17) is 8.83 Å². The van der Waals surface area contributed by atoms with Crippen LogP contribution in [0.5, 0.6) is 0 Å². The van der Waals surface area contributed by atoms with Gasteiger partial charge in [-0.3, -0.25) is 0 Å². The van der Waals surface area contributed by atoms with Crippen LogP contribution in [0, 0.1) is 12.7 Å². The lowest BCUT2D eigenvalue weighted by Crippen LogP contribution is -2.18. The maximum absolute atomic E-state index is 13.3. The van der Waals surface area contributed by atoms with Gasteiger partial charge in [-0.1, -0.05) is 0 Å². The lowest BCUT2D eigenvalue weighted by Gasteiger charge is -2.13. The zero-order chi connectivity index (χ0) is 14.1. The van der Waals surface area contributed by atoms with Crippen LogP contribution in [0.2, 0.25) is 0 Å². The molecule has 4 heteroatoms. The van der Waals surface area contributed by atoms with Crippen molar-refractivity contribution in [2.24, 2.45) is 0 Å². The number of halogens is 1. The van der Waals surface area contributed by atoms with Crippen LogP contribution in [0.3, 0.4) is 0 Å². The molecule has 0 spiro atoms. The molecule has 20 heavy (non-hydrogen) atoms. The van der Waals surface area contributed by atoms with Crippen molar-refractivity contribution in [1.82, 2.24) is 5.32 Å². The standard InChI is InChI=1S/C16H16FNO2/c1-10-13-8-12(17)3-4-15(13)20-16(10)14(18-2)7-11-5-6-19-9-11/h3-6,8-9,14,18H,7H2,1-2H3. The number of hydrogen-bond donors (Lipinski definition) is 1. The summed E-state index contributed by atoms with van der Waals surface area (Å²) < 4.78 is 24.3. The van der Waals surface area contributed by atoms with E-state index >= 15 is 0 Å². The maximum atomic E-state index is 13.3. The first-order valence-electron chi connectivity index (χ1n) is 6.56. The summed E-state index contributed by atoms with van der Waals surface area (Å²) >= 11 is 0. The second kappa shape index (κ2) is 5.13. The highest BCUT2D eigenvalue weighted by molar-refractivity contribution is 5.82. The third-order valence-electron chi connectivity index (χ3n) is 3.62. The molecule has 0 fully saturated rings. The molecule has 0 aliphatic heterocycles. The minimum absolute atomic E-state index is 0.0306. The molecular weight excluding hydrogens is 257 g/mol. The highest BCUT2D eigenvalue weighted by atomic mass is 19.1. The van der Waals surface area contributed by atoms with Gasteiger partial charge in [0, 0.05) is 10.9 Å². The Bertz CT molecular complexity index is 715. The predicted octanol–water partition coefficient (Wildman–Crippen LogP) is 3.98. The van der Waals surface area contributed by atoms with Gasteiger partial charge in [0.25, 0.3) is 0 Å². The molecule has 3 aromatic rings. The minimum atomic E-state index is -0.246. The molecule has 0 saturated carbocycles. The van der Waals surface area contributed by atoms with Crippen LogP contribution < -0.4 is 5.32 Å². The van der Waals surface area contributed by atoms with E-state index in [2.05, 4.69) is 5.32 Å². The smallest absolute Gasteiger partial charge is 0.134 e. The van der Waals surface area contributed by atoms with Gasteiger partial charge < -0.3 is 14.2 Å². The third-order valence-corrected chi connectivity index (χ3v) is 3.62. The summed E-state index contributed by atoms with van der Waals surface area (Å²) in [6, 6.07) is 6.57. The molecule has 1 N–H and O–H groups in total. The molecule has 3 rings (SSSR count). The van der Waals surface area contributed by atoms with E-state index < -0.39 is 0 Å². The SMILES string of the molecule is CNC(Cc1ccoc1)c1oc2ccc(F)cc2c1C. The Balaban J connectivity index is 2.01. The largest absolute Gasteiger partial charge is 0.472 e. The Labute approximate surface area is 116 Å². The molecule has 0 aliphatic rings. The Hall–Kier alpha value is -2.07. The van der Waals surface area contributed by atoms with E-state index in [1.807, 2.05) is 20.0 Å². The molecule has 104 valence electrons. The summed E-state index contributed by atoms with van der Waals surface area (Å²) in [6.07, 6.45) is 4.14. The van der Waals surface area contributed by atoms with Gasteiger partial charge in [-0.2, -0.15) is 0 Å². The van der Waals surface area contributed by atoms with Crippen molar-refractivity contribution in [2.45, 2.75) is 19.4 Å². The van der Waals surface area contributed by atoms with Gasteiger partial charge in [-0.25, -0.2) is 4.39 Å². The molecule has 3 nitrogen and oxygen atoms in total. The van der Waals surface area contributed by atoms with E-state index in [0.717, 1.165) is 28.7 Å². The molecule has 2 aromatic heterocycles. The topological polar surface area (TPSA) is 38.3 Å². The Morgan fingerprint density at radius 2 is 2.15 bits per heavy atom. The summed E-state index contributed by atoms with van der Waals surface area (Å²) in [5, 5.41) is 4.07. The van der Waals surface area contributed by atoms with Gasteiger partial charge in [0.2, 0.25) is 0 Å².